The molecule has 0 aliphatic carbocycles. The second-order valence-corrected chi connectivity index (χ2v) is 1.90. The minimum absolute atomic E-state index is 0. The van der Waals surface area contributed by atoms with Crippen molar-refractivity contribution in [2.24, 2.45) is 0 Å². The van der Waals surface area contributed by atoms with Crippen LogP contribution in [0.1, 0.15) is 5.56 Å². The second-order valence-electron chi connectivity index (χ2n) is 1.74. The molecule has 0 fully saturated rings. The van der Waals surface area contributed by atoms with Crippen molar-refractivity contribution in [2.75, 3.05) is 0 Å². The number of thiol groups is 1. The minimum Gasteiger partial charge on any atom is -0.308 e. The van der Waals surface area contributed by atoms with Crippen molar-refractivity contribution >= 4 is 11.9 Å². The van der Waals surface area contributed by atoms with E-state index in [1.54, 1.807) is 0 Å². The van der Waals surface area contributed by atoms with Crippen LogP contribution in [0.15, 0.2) is 30.3 Å². The first kappa shape index (κ1) is 13.5. The topological polar surface area (TPSA) is 37.3 Å². The van der Waals surface area contributed by atoms with E-state index in [-0.39, 0.29) is 19.5 Å². The van der Waals surface area contributed by atoms with Gasteiger partial charge in [0.05, 0.1) is 0 Å². The Morgan fingerprint density at radius 3 is 1.82 bits per heavy atom. The quantitative estimate of drug-likeness (QED) is 0.396. The van der Waals surface area contributed by atoms with Crippen LogP contribution in [0.3, 0.4) is 0 Å². The summed E-state index contributed by atoms with van der Waals surface area (Å²) in [5.74, 6) is 0. The molecule has 0 aliphatic rings. The molecule has 1 aromatic rings. The molecule has 0 atom stereocenters. The summed E-state index contributed by atoms with van der Waals surface area (Å²) in [5, 5.41) is 0. The third-order valence-corrected chi connectivity index (χ3v) is 0.940. The Morgan fingerprint density at radius 1 is 1.27 bits per heavy atom. The van der Waals surface area contributed by atoms with Crippen LogP contribution in [-0.4, -0.2) is 8.76 Å². The zero-order valence-electron chi connectivity index (χ0n) is 6.40. The fraction of sp³-hybridized carbons (Fsp3) is 0.143. The first-order valence-corrected chi connectivity index (χ1v) is 3.56. The first-order chi connectivity index (χ1) is 4.81. The molecule has 0 spiro atoms. The molecule has 0 heterocycles. The van der Waals surface area contributed by atoms with E-state index in [2.05, 4.69) is 19.1 Å². The van der Waals surface area contributed by atoms with Crippen LogP contribution in [0.4, 0.5) is 0 Å². The molecule has 11 heavy (non-hydrogen) atoms. The van der Waals surface area contributed by atoms with Crippen LogP contribution < -0.4 is 0 Å². The Labute approximate surface area is 83.1 Å². The summed E-state index contributed by atoms with van der Waals surface area (Å²) in [6, 6.07) is 10.3. The molecule has 2 nitrogen and oxygen atoms in total. The monoisotopic (exact) mass is 222 g/mol. The van der Waals surface area contributed by atoms with Gasteiger partial charge in [-0.2, -0.15) is 0 Å². The van der Waals surface area contributed by atoms with Gasteiger partial charge in [0.25, 0.3) is 0 Å². The molecule has 1 rings (SSSR count). The van der Waals surface area contributed by atoms with E-state index in [0.717, 1.165) is 0 Å². The third kappa shape index (κ3) is 9.95. The summed E-state index contributed by atoms with van der Waals surface area (Å²) < 4.78 is 15.4. The van der Waals surface area contributed by atoms with Crippen molar-refractivity contribution in [3.8, 4) is 0 Å². The van der Waals surface area contributed by atoms with Crippen molar-refractivity contribution in [1.82, 2.24) is 0 Å². The van der Waals surface area contributed by atoms with Crippen LogP contribution in [0.2, 0.25) is 0 Å². The fourth-order valence-corrected chi connectivity index (χ4v) is 0.534. The largest absolute Gasteiger partial charge is 0.308 e. The van der Waals surface area contributed by atoms with Gasteiger partial charge in [0.1, 0.15) is 11.9 Å². The summed E-state index contributed by atoms with van der Waals surface area (Å²) in [6.45, 7) is 2.08. The van der Waals surface area contributed by atoms with Gasteiger partial charge in [0, 0.05) is 19.5 Å². The van der Waals surface area contributed by atoms with Crippen molar-refractivity contribution in [1.29, 1.82) is 0 Å². The standard InChI is InChI=1S/C7H8.H2O2S.Zn/c1-7-5-3-2-4-6-7;1-3-2;/h2-6H,1H3;3H,(H,1,2);. The molecule has 0 saturated carbocycles. The predicted octanol–water partition coefficient (Wildman–Crippen LogP) is 1.40. The van der Waals surface area contributed by atoms with Gasteiger partial charge in [-0.15, -0.1) is 0 Å². The first-order valence-electron chi connectivity index (χ1n) is 2.79. The number of benzene rings is 1. The van der Waals surface area contributed by atoms with Gasteiger partial charge >= 0.3 is 0 Å². The van der Waals surface area contributed by atoms with Crippen molar-refractivity contribution in [3.63, 3.8) is 0 Å². The molecule has 0 amide bonds. The third-order valence-electron chi connectivity index (χ3n) is 0.940. The smallest absolute Gasteiger partial charge is 0.139 e. The Kier molecular flexibility index (Phi) is 12.2. The average molecular weight is 224 g/mol. The number of hydrogen-bond acceptors (Lipinski definition) is 1. The van der Waals surface area contributed by atoms with E-state index in [4.69, 9.17) is 8.76 Å². The molecule has 0 aliphatic heterocycles. The molecule has 58 valence electrons. The van der Waals surface area contributed by atoms with E-state index < -0.39 is 11.9 Å². The van der Waals surface area contributed by atoms with E-state index >= 15 is 0 Å². The fourth-order valence-electron chi connectivity index (χ4n) is 0.534. The maximum Gasteiger partial charge on any atom is 0.139 e. The number of hydrogen-bond donors (Lipinski definition) is 2. The van der Waals surface area contributed by atoms with Gasteiger partial charge < -0.3 is 4.55 Å². The maximum atomic E-state index is 8.46. The molecule has 4 heteroatoms. The van der Waals surface area contributed by atoms with Crippen LogP contribution in [-0.2, 0) is 31.4 Å². The summed E-state index contributed by atoms with van der Waals surface area (Å²) in [7, 11) is 0. The van der Waals surface area contributed by atoms with E-state index in [1.165, 1.54) is 5.56 Å². The zero-order chi connectivity index (χ0) is 7.82. The molecule has 0 saturated heterocycles. The molecule has 0 aromatic heterocycles. The molecular formula is C7H10O2SZn. The van der Waals surface area contributed by atoms with Gasteiger partial charge in [0.2, 0.25) is 0 Å². The normalized spacial score (nSPS) is 7.09. The molecule has 0 unspecified atom stereocenters. The SMILES string of the molecule is Cc1ccccc1.O=[SH]O.[Zn]. The molecule has 1 N–H and O–H groups in total. The summed E-state index contributed by atoms with van der Waals surface area (Å²) in [6.07, 6.45) is 0. The van der Waals surface area contributed by atoms with Gasteiger partial charge in [-0.25, -0.2) is 4.21 Å². The summed E-state index contributed by atoms with van der Waals surface area (Å²) >= 11 is -0.833. The van der Waals surface area contributed by atoms with Gasteiger partial charge in [-0.1, -0.05) is 35.9 Å². The minimum atomic E-state index is -0.833. The Balaban J connectivity index is 0. The molecule has 0 bridgehead atoms. The van der Waals surface area contributed by atoms with Crippen molar-refractivity contribution < 1.29 is 28.2 Å². The molecule has 0 radical (unpaired) electrons. The van der Waals surface area contributed by atoms with Crippen LogP contribution >= 0.6 is 0 Å². The van der Waals surface area contributed by atoms with Crippen molar-refractivity contribution in [2.45, 2.75) is 6.92 Å². The Hall–Kier alpha value is -0.0466. The maximum absolute atomic E-state index is 8.46. The summed E-state index contributed by atoms with van der Waals surface area (Å²) in [4.78, 5) is 0. The van der Waals surface area contributed by atoms with Crippen LogP contribution in [0.25, 0.3) is 0 Å². The Morgan fingerprint density at radius 2 is 1.64 bits per heavy atom. The van der Waals surface area contributed by atoms with Crippen LogP contribution in [0, 0.1) is 6.92 Å². The number of rotatable bonds is 0. The molecular weight excluding hydrogens is 214 g/mol. The number of aryl methyl sites for hydroxylation is 1. The van der Waals surface area contributed by atoms with Crippen LogP contribution in [0.5, 0.6) is 0 Å². The predicted molar refractivity (Wildman–Crippen MR) is 43.3 cm³/mol. The van der Waals surface area contributed by atoms with E-state index in [9.17, 15) is 0 Å². The van der Waals surface area contributed by atoms with E-state index in [1.807, 2.05) is 18.2 Å². The van der Waals surface area contributed by atoms with Gasteiger partial charge in [-0.05, 0) is 6.92 Å². The van der Waals surface area contributed by atoms with E-state index in [0.29, 0.717) is 0 Å². The average Bonchev–Trinajstić information content (AvgIpc) is 1.91. The second kappa shape index (κ2) is 9.95. The van der Waals surface area contributed by atoms with Gasteiger partial charge in [-0.3, -0.25) is 0 Å². The molecule has 1 aromatic carbocycles. The Bertz CT molecular complexity index is 179. The zero-order valence-corrected chi connectivity index (χ0v) is 10.3. The van der Waals surface area contributed by atoms with Gasteiger partial charge in [0.15, 0.2) is 0 Å². The summed E-state index contributed by atoms with van der Waals surface area (Å²) in [5.41, 5.74) is 1.32. The van der Waals surface area contributed by atoms with Crippen molar-refractivity contribution in [3.05, 3.63) is 35.9 Å².